The molecule has 4 heteroatoms. The molecule has 0 saturated carbocycles. The minimum absolute atomic E-state index is 0.251. The number of methoxy groups -OCH3 is 1. The Kier molecular flexibility index (Phi) is 5.48. The van der Waals surface area contributed by atoms with Gasteiger partial charge < -0.3 is 15.2 Å². The Hall–Kier alpha value is -1.71. The Morgan fingerprint density at radius 2 is 1.90 bits per heavy atom. The van der Waals surface area contributed by atoms with Crippen molar-refractivity contribution in [2.75, 3.05) is 7.11 Å². The second kappa shape index (κ2) is 7.34. The average Bonchev–Trinajstić information content (AvgIpc) is 2.48. The number of halogens is 1. The lowest BCUT2D eigenvalue weighted by atomic mass is 10.1. The monoisotopic (exact) mass is 305 g/mol. The van der Waals surface area contributed by atoms with Gasteiger partial charge in [0.1, 0.15) is 11.5 Å². The third-order valence-corrected chi connectivity index (χ3v) is 3.64. The molecule has 0 saturated heterocycles. The normalized spacial score (nSPS) is 12.1. The molecule has 1 unspecified atom stereocenters. The number of benzene rings is 2. The molecule has 2 aromatic carbocycles. The highest BCUT2D eigenvalue weighted by Crippen LogP contribution is 2.23. The fraction of sp³-hybridized carbons (Fsp3) is 0.294. The van der Waals surface area contributed by atoms with Gasteiger partial charge in [-0.2, -0.15) is 0 Å². The van der Waals surface area contributed by atoms with Crippen LogP contribution in [0.4, 0.5) is 0 Å². The second-order valence-electron chi connectivity index (χ2n) is 5.11. The van der Waals surface area contributed by atoms with Crippen LogP contribution in [-0.4, -0.2) is 18.3 Å². The first-order valence-corrected chi connectivity index (χ1v) is 7.30. The van der Waals surface area contributed by atoms with E-state index >= 15 is 0 Å². The van der Waals surface area contributed by atoms with Crippen molar-refractivity contribution in [3.05, 3.63) is 58.6 Å². The largest absolute Gasteiger partial charge is 0.507 e. The van der Waals surface area contributed by atoms with Crippen molar-refractivity contribution >= 4 is 11.6 Å². The molecule has 2 N–H and O–H groups in total. The number of hydrogen-bond donors (Lipinski definition) is 2. The topological polar surface area (TPSA) is 41.5 Å². The smallest absolute Gasteiger partial charge is 0.123 e. The third-order valence-electron chi connectivity index (χ3n) is 3.39. The molecule has 21 heavy (non-hydrogen) atoms. The molecule has 0 aliphatic rings. The molecule has 0 aromatic heterocycles. The predicted octanol–water partition coefficient (Wildman–Crippen LogP) is 3.78. The summed E-state index contributed by atoms with van der Waals surface area (Å²) in [6.07, 6.45) is 0.911. The highest BCUT2D eigenvalue weighted by atomic mass is 35.5. The molecule has 112 valence electrons. The summed E-state index contributed by atoms with van der Waals surface area (Å²) in [6.45, 7) is 2.74. The Bertz CT molecular complexity index is 584. The van der Waals surface area contributed by atoms with E-state index in [0.717, 1.165) is 17.0 Å². The van der Waals surface area contributed by atoms with Crippen LogP contribution in [0.1, 0.15) is 18.1 Å². The Morgan fingerprint density at radius 1 is 1.19 bits per heavy atom. The van der Waals surface area contributed by atoms with Crippen LogP contribution >= 0.6 is 11.6 Å². The molecule has 1 atom stereocenters. The molecular weight excluding hydrogens is 286 g/mol. The Morgan fingerprint density at radius 3 is 2.52 bits per heavy atom. The van der Waals surface area contributed by atoms with Crippen LogP contribution in [-0.2, 0) is 13.0 Å². The van der Waals surface area contributed by atoms with Crippen LogP contribution in [0.15, 0.2) is 42.5 Å². The van der Waals surface area contributed by atoms with Gasteiger partial charge in [-0.15, -0.1) is 0 Å². The molecule has 0 aliphatic heterocycles. The van der Waals surface area contributed by atoms with Gasteiger partial charge in [-0.05, 0) is 37.1 Å². The van der Waals surface area contributed by atoms with Gasteiger partial charge in [0.2, 0.25) is 0 Å². The van der Waals surface area contributed by atoms with Crippen molar-refractivity contribution in [2.24, 2.45) is 0 Å². The van der Waals surface area contributed by atoms with E-state index in [1.54, 1.807) is 13.2 Å². The van der Waals surface area contributed by atoms with Crippen LogP contribution in [0, 0.1) is 0 Å². The lowest BCUT2D eigenvalue weighted by Gasteiger charge is -2.15. The number of ether oxygens (including phenoxy) is 1. The van der Waals surface area contributed by atoms with Gasteiger partial charge in [-0.3, -0.25) is 0 Å². The minimum atomic E-state index is 0.251. The van der Waals surface area contributed by atoms with Crippen molar-refractivity contribution in [1.29, 1.82) is 0 Å². The van der Waals surface area contributed by atoms with Crippen LogP contribution in [0.2, 0.25) is 5.02 Å². The number of phenolic OH excluding ortho intramolecular Hbond substituents is 1. The van der Waals surface area contributed by atoms with Gasteiger partial charge in [0.05, 0.1) is 7.11 Å². The molecule has 0 radical (unpaired) electrons. The number of aromatic hydroxyl groups is 1. The van der Waals surface area contributed by atoms with Crippen molar-refractivity contribution < 1.29 is 9.84 Å². The van der Waals surface area contributed by atoms with E-state index in [4.69, 9.17) is 16.3 Å². The van der Waals surface area contributed by atoms with E-state index in [9.17, 15) is 5.11 Å². The van der Waals surface area contributed by atoms with E-state index in [-0.39, 0.29) is 5.75 Å². The average molecular weight is 306 g/mol. The predicted molar refractivity (Wildman–Crippen MR) is 86.1 cm³/mol. The zero-order chi connectivity index (χ0) is 15.2. The van der Waals surface area contributed by atoms with Crippen molar-refractivity contribution in [2.45, 2.75) is 25.9 Å². The zero-order valence-electron chi connectivity index (χ0n) is 12.3. The second-order valence-corrected chi connectivity index (χ2v) is 5.54. The van der Waals surface area contributed by atoms with Crippen LogP contribution in [0.3, 0.4) is 0 Å². The molecule has 0 amide bonds. The summed E-state index contributed by atoms with van der Waals surface area (Å²) in [5.41, 5.74) is 2.09. The number of phenols is 1. The molecule has 0 fully saturated rings. The maximum absolute atomic E-state index is 9.92. The van der Waals surface area contributed by atoms with Gasteiger partial charge in [0.25, 0.3) is 0 Å². The number of rotatable bonds is 6. The van der Waals surface area contributed by atoms with E-state index in [2.05, 4.69) is 12.2 Å². The fourth-order valence-corrected chi connectivity index (χ4v) is 2.28. The summed E-state index contributed by atoms with van der Waals surface area (Å²) in [5, 5.41) is 14.1. The van der Waals surface area contributed by atoms with Crippen LogP contribution in [0.5, 0.6) is 11.5 Å². The Balaban J connectivity index is 1.89. The summed E-state index contributed by atoms with van der Waals surface area (Å²) in [6, 6.07) is 13.5. The van der Waals surface area contributed by atoms with Gasteiger partial charge in [-0.1, -0.05) is 29.8 Å². The van der Waals surface area contributed by atoms with Gasteiger partial charge >= 0.3 is 0 Å². The molecule has 0 spiro atoms. The maximum Gasteiger partial charge on any atom is 0.123 e. The first kappa shape index (κ1) is 15.7. The lowest BCUT2D eigenvalue weighted by Crippen LogP contribution is -2.27. The van der Waals surface area contributed by atoms with Crippen molar-refractivity contribution in [1.82, 2.24) is 5.32 Å². The summed E-state index contributed by atoms with van der Waals surface area (Å²) < 4.78 is 5.07. The van der Waals surface area contributed by atoms with Crippen molar-refractivity contribution in [3.63, 3.8) is 0 Å². The molecule has 2 aromatic rings. The van der Waals surface area contributed by atoms with E-state index < -0.39 is 0 Å². The first-order valence-electron chi connectivity index (χ1n) is 6.92. The zero-order valence-corrected chi connectivity index (χ0v) is 13.0. The summed E-state index contributed by atoms with van der Waals surface area (Å²) in [7, 11) is 1.58. The van der Waals surface area contributed by atoms with E-state index in [1.165, 1.54) is 5.56 Å². The standard InChI is InChI=1S/C17H20ClNO2/c1-12(9-13-3-6-15(18)7-4-13)19-11-14-5-8-16(21-2)10-17(14)20/h3-8,10,12,19-20H,9,11H2,1-2H3. The fourth-order valence-electron chi connectivity index (χ4n) is 2.15. The van der Waals surface area contributed by atoms with Gasteiger partial charge in [0, 0.05) is 29.2 Å². The first-order chi connectivity index (χ1) is 10.1. The van der Waals surface area contributed by atoms with Crippen molar-refractivity contribution in [3.8, 4) is 11.5 Å². The molecule has 2 rings (SSSR count). The molecule has 0 heterocycles. The van der Waals surface area contributed by atoms with E-state index in [1.807, 2.05) is 36.4 Å². The highest BCUT2D eigenvalue weighted by Gasteiger charge is 2.07. The molecular formula is C17H20ClNO2. The highest BCUT2D eigenvalue weighted by molar-refractivity contribution is 6.30. The summed E-state index contributed by atoms with van der Waals surface area (Å²) in [4.78, 5) is 0. The molecule has 3 nitrogen and oxygen atoms in total. The molecule has 0 aliphatic carbocycles. The SMILES string of the molecule is COc1ccc(CNC(C)Cc2ccc(Cl)cc2)c(O)c1. The van der Waals surface area contributed by atoms with E-state index in [0.29, 0.717) is 18.3 Å². The number of hydrogen-bond acceptors (Lipinski definition) is 3. The van der Waals surface area contributed by atoms with Gasteiger partial charge in [-0.25, -0.2) is 0 Å². The third kappa shape index (κ3) is 4.66. The van der Waals surface area contributed by atoms with Gasteiger partial charge in [0.15, 0.2) is 0 Å². The molecule has 0 bridgehead atoms. The quantitative estimate of drug-likeness (QED) is 0.853. The lowest BCUT2D eigenvalue weighted by molar-refractivity contribution is 0.405. The summed E-state index contributed by atoms with van der Waals surface area (Å²) >= 11 is 5.88. The maximum atomic E-state index is 9.92. The Labute approximate surface area is 130 Å². The number of nitrogens with one attached hydrogen (secondary N) is 1. The van der Waals surface area contributed by atoms with Crippen LogP contribution in [0.25, 0.3) is 0 Å². The minimum Gasteiger partial charge on any atom is -0.507 e. The summed E-state index contributed by atoms with van der Waals surface area (Å²) in [5.74, 6) is 0.908. The van der Waals surface area contributed by atoms with Crippen LogP contribution < -0.4 is 10.1 Å².